The van der Waals surface area contributed by atoms with Crippen LogP contribution in [0.1, 0.15) is 46.0 Å². The summed E-state index contributed by atoms with van der Waals surface area (Å²) in [4.78, 5) is 2.64. The SMILES string of the molecule is CCCC(CN)CN1CCCC(CC)C1. The van der Waals surface area contributed by atoms with Crippen LogP contribution in [0, 0.1) is 11.8 Å². The second kappa shape index (κ2) is 7.24. The van der Waals surface area contributed by atoms with Gasteiger partial charge < -0.3 is 10.6 Å². The van der Waals surface area contributed by atoms with Crippen LogP contribution in [0.5, 0.6) is 0 Å². The first kappa shape index (κ1) is 13.0. The van der Waals surface area contributed by atoms with Crippen molar-refractivity contribution >= 4 is 0 Å². The van der Waals surface area contributed by atoms with Gasteiger partial charge in [-0.3, -0.25) is 0 Å². The molecule has 2 N–H and O–H groups in total. The minimum atomic E-state index is 0.727. The number of nitrogens with zero attached hydrogens (tertiary/aromatic N) is 1. The topological polar surface area (TPSA) is 29.3 Å². The second-order valence-corrected chi connectivity index (χ2v) is 5.07. The average molecular weight is 212 g/mol. The molecule has 0 spiro atoms. The Labute approximate surface area is 95.2 Å². The van der Waals surface area contributed by atoms with Crippen LogP contribution in [0.4, 0.5) is 0 Å². The van der Waals surface area contributed by atoms with Gasteiger partial charge in [0, 0.05) is 13.1 Å². The van der Waals surface area contributed by atoms with E-state index >= 15 is 0 Å². The summed E-state index contributed by atoms with van der Waals surface area (Å²) in [5.41, 5.74) is 5.82. The van der Waals surface area contributed by atoms with E-state index in [0.717, 1.165) is 18.4 Å². The quantitative estimate of drug-likeness (QED) is 0.733. The Bertz CT molecular complexity index is 159. The molecule has 90 valence electrons. The maximum absolute atomic E-state index is 5.82. The zero-order valence-corrected chi connectivity index (χ0v) is 10.5. The van der Waals surface area contributed by atoms with Crippen molar-refractivity contribution in [1.82, 2.24) is 4.90 Å². The Kier molecular flexibility index (Phi) is 6.26. The largest absolute Gasteiger partial charge is 0.330 e. The normalized spacial score (nSPS) is 25.4. The van der Waals surface area contributed by atoms with Gasteiger partial charge in [0.1, 0.15) is 0 Å². The summed E-state index contributed by atoms with van der Waals surface area (Å²) in [6.45, 7) is 9.30. The molecule has 1 fully saturated rings. The summed E-state index contributed by atoms with van der Waals surface area (Å²) in [5.74, 6) is 1.67. The monoisotopic (exact) mass is 212 g/mol. The van der Waals surface area contributed by atoms with Gasteiger partial charge in [0.15, 0.2) is 0 Å². The lowest BCUT2D eigenvalue weighted by molar-refractivity contribution is 0.147. The molecule has 0 saturated carbocycles. The average Bonchev–Trinajstić information content (AvgIpc) is 2.29. The van der Waals surface area contributed by atoms with Crippen molar-refractivity contribution in [2.45, 2.75) is 46.0 Å². The Morgan fingerprint density at radius 2 is 2.20 bits per heavy atom. The highest BCUT2D eigenvalue weighted by Gasteiger charge is 2.20. The van der Waals surface area contributed by atoms with Gasteiger partial charge in [0.25, 0.3) is 0 Å². The maximum atomic E-state index is 5.82. The number of hydrogen-bond acceptors (Lipinski definition) is 2. The molecule has 2 nitrogen and oxygen atoms in total. The number of rotatable bonds is 6. The third-order valence-electron chi connectivity index (χ3n) is 3.73. The fraction of sp³-hybridized carbons (Fsp3) is 1.00. The molecule has 0 aromatic rings. The van der Waals surface area contributed by atoms with Gasteiger partial charge in [0.05, 0.1) is 0 Å². The van der Waals surface area contributed by atoms with Crippen LogP contribution in [0.3, 0.4) is 0 Å². The Morgan fingerprint density at radius 3 is 2.80 bits per heavy atom. The van der Waals surface area contributed by atoms with Crippen molar-refractivity contribution in [3.05, 3.63) is 0 Å². The van der Waals surface area contributed by atoms with Crippen molar-refractivity contribution in [2.75, 3.05) is 26.2 Å². The third kappa shape index (κ3) is 4.52. The van der Waals surface area contributed by atoms with Crippen molar-refractivity contribution in [2.24, 2.45) is 17.6 Å². The highest BCUT2D eigenvalue weighted by atomic mass is 15.1. The standard InChI is InChI=1S/C13H28N2/c1-3-6-13(9-14)11-15-8-5-7-12(4-2)10-15/h12-13H,3-11,14H2,1-2H3. The lowest BCUT2D eigenvalue weighted by Crippen LogP contribution is -2.40. The summed E-state index contributed by atoms with van der Waals surface area (Å²) < 4.78 is 0. The van der Waals surface area contributed by atoms with Crippen LogP contribution in [0.15, 0.2) is 0 Å². The van der Waals surface area contributed by atoms with Crippen molar-refractivity contribution in [3.63, 3.8) is 0 Å². The minimum absolute atomic E-state index is 0.727. The molecule has 0 radical (unpaired) electrons. The molecule has 2 atom stereocenters. The van der Waals surface area contributed by atoms with E-state index in [0.29, 0.717) is 0 Å². The summed E-state index contributed by atoms with van der Waals surface area (Å²) in [6.07, 6.45) is 6.74. The van der Waals surface area contributed by atoms with E-state index in [-0.39, 0.29) is 0 Å². The second-order valence-electron chi connectivity index (χ2n) is 5.07. The van der Waals surface area contributed by atoms with E-state index in [1.807, 2.05) is 0 Å². The number of nitrogens with two attached hydrogens (primary N) is 1. The molecule has 0 aliphatic carbocycles. The molecular formula is C13H28N2. The van der Waals surface area contributed by atoms with Gasteiger partial charge in [-0.15, -0.1) is 0 Å². The zero-order chi connectivity index (χ0) is 11.1. The number of likely N-dealkylation sites (tertiary alicyclic amines) is 1. The Morgan fingerprint density at radius 1 is 1.40 bits per heavy atom. The smallest absolute Gasteiger partial charge is 0.00218 e. The van der Waals surface area contributed by atoms with Gasteiger partial charge in [-0.05, 0) is 44.2 Å². The van der Waals surface area contributed by atoms with Gasteiger partial charge in [-0.2, -0.15) is 0 Å². The van der Waals surface area contributed by atoms with E-state index < -0.39 is 0 Å². The van der Waals surface area contributed by atoms with Crippen molar-refractivity contribution in [1.29, 1.82) is 0 Å². The molecule has 2 heteroatoms. The lowest BCUT2D eigenvalue weighted by atomic mass is 9.94. The van der Waals surface area contributed by atoms with Crippen LogP contribution in [-0.4, -0.2) is 31.1 Å². The molecule has 1 rings (SSSR count). The fourth-order valence-electron chi connectivity index (χ4n) is 2.71. The first-order valence-electron chi connectivity index (χ1n) is 6.72. The molecule has 0 aromatic carbocycles. The van der Waals surface area contributed by atoms with Crippen LogP contribution in [-0.2, 0) is 0 Å². The summed E-state index contributed by atoms with van der Waals surface area (Å²) >= 11 is 0. The Hall–Kier alpha value is -0.0800. The third-order valence-corrected chi connectivity index (χ3v) is 3.73. The Balaban J connectivity index is 2.29. The van der Waals surface area contributed by atoms with Gasteiger partial charge in [0.2, 0.25) is 0 Å². The predicted molar refractivity (Wildman–Crippen MR) is 66.9 cm³/mol. The summed E-state index contributed by atoms with van der Waals surface area (Å²) in [6, 6.07) is 0. The van der Waals surface area contributed by atoms with Gasteiger partial charge >= 0.3 is 0 Å². The molecule has 1 aliphatic heterocycles. The highest BCUT2D eigenvalue weighted by molar-refractivity contribution is 4.74. The number of piperidine rings is 1. The minimum Gasteiger partial charge on any atom is -0.330 e. The lowest BCUT2D eigenvalue weighted by Gasteiger charge is -2.34. The zero-order valence-electron chi connectivity index (χ0n) is 10.5. The first-order valence-corrected chi connectivity index (χ1v) is 6.72. The number of hydrogen-bond donors (Lipinski definition) is 1. The van der Waals surface area contributed by atoms with Crippen LogP contribution < -0.4 is 5.73 Å². The van der Waals surface area contributed by atoms with Gasteiger partial charge in [-0.25, -0.2) is 0 Å². The van der Waals surface area contributed by atoms with Gasteiger partial charge in [-0.1, -0.05) is 26.7 Å². The molecule has 0 aromatic heterocycles. The molecular weight excluding hydrogens is 184 g/mol. The van der Waals surface area contributed by atoms with Crippen molar-refractivity contribution < 1.29 is 0 Å². The molecule has 15 heavy (non-hydrogen) atoms. The van der Waals surface area contributed by atoms with E-state index in [1.54, 1.807) is 0 Å². The van der Waals surface area contributed by atoms with Crippen LogP contribution >= 0.6 is 0 Å². The van der Waals surface area contributed by atoms with Crippen LogP contribution in [0.25, 0.3) is 0 Å². The summed E-state index contributed by atoms with van der Waals surface area (Å²) in [5, 5.41) is 0. The molecule has 0 amide bonds. The van der Waals surface area contributed by atoms with E-state index in [9.17, 15) is 0 Å². The molecule has 0 bridgehead atoms. The van der Waals surface area contributed by atoms with Crippen molar-refractivity contribution in [3.8, 4) is 0 Å². The fourth-order valence-corrected chi connectivity index (χ4v) is 2.71. The summed E-state index contributed by atoms with van der Waals surface area (Å²) in [7, 11) is 0. The van der Waals surface area contributed by atoms with Crippen LogP contribution in [0.2, 0.25) is 0 Å². The molecule has 1 heterocycles. The molecule has 2 unspecified atom stereocenters. The maximum Gasteiger partial charge on any atom is 0.00218 e. The predicted octanol–water partition coefficient (Wildman–Crippen LogP) is 2.48. The molecule has 1 saturated heterocycles. The first-order chi connectivity index (χ1) is 7.30. The highest BCUT2D eigenvalue weighted by Crippen LogP contribution is 2.20. The van der Waals surface area contributed by atoms with E-state index in [4.69, 9.17) is 5.73 Å². The van der Waals surface area contributed by atoms with E-state index in [1.165, 1.54) is 51.7 Å². The molecule has 1 aliphatic rings. The van der Waals surface area contributed by atoms with E-state index in [2.05, 4.69) is 18.7 Å².